The highest BCUT2D eigenvalue weighted by molar-refractivity contribution is 5.95. The van der Waals surface area contributed by atoms with Gasteiger partial charge < -0.3 is 29.7 Å². The third-order valence-electron chi connectivity index (χ3n) is 5.51. The molecule has 1 heterocycles. The Balaban J connectivity index is 0.000000638. The lowest BCUT2D eigenvalue weighted by Gasteiger charge is -2.29. The Morgan fingerprint density at radius 3 is 2.11 bits per heavy atom. The second kappa shape index (κ2) is 14.2. The molecule has 2 aromatic rings. The summed E-state index contributed by atoms with van der Waals surface area (Å²) in [6.07, 6.45) is -4.86. The van der Waals surface area contributed by atoms with Crippen LogP contribution in [0.25, 0.3) is 0 Å². The van der Waals surface area contributed by atoms with E-state index < -0.39 is 12.1 Å². The molecule has 9 nitrogen and oxygen atoms in total. The Hall–Kier alpha value is -3.87. The number of carboxylic acids is 1. The lowest BCUT2D eigenvalue weighted by molar-refractivity contribution is -0.192. The van der Waals surface area contributed by atoms with Gasteiger partial charge in [0.25, 0.3) is 5.91 Å². The maximum absolute atomic E-state index is 13.3. The van der Waals surface area contributed by atoms with Crippen molar-refractivity contribution in [3.8, 4) is 11.5 Å². The number of amides is 2. The average Bonchev–Trinajstić information content (AvgIpc) is 2.91. The van der Waals surface area contributed by atoms with Crippen molar-refractivity contribution in [1.29, 1.82) is 0 Å². The summed E-state index contributed by atoms with van der Waals surface area (Å²) < 4.78 is 55.6. The Kier molecular flexibility index (Phi) is 11.3. The molecule has 3 rings (SSSR count). The van der Waals surface area contributed by atoms with Gasteiger partial charge in [-0.25, -0.2) is 9.18 Å². The molecule has 0 bridgehead atoms. The van der Waals surface area contributed by atoms with Crippen molar-refractivity contribution in [2.45, 2.75) is 19.1 Å². The fraction of sp³-hybridized carbons (Fsp3) is 0.400. The number of carbonyl (C=O) groups excluding carboxylic acids is 2. The summed E-state index contributed by atoms with van der Waals surface area (Å²) in [5, 5.41) is 10.3. The molecule has 0 aliphatic carbocycles. The maximum Gasteiger partial charge on any atom is 0.490 e. The Bertz CT molecular complexity index is 1090. The minimum atomic E-state index is -5.08. The molecule has 2 N–H and O–H groups in total. The maximum atomic E-state index is 13.3. The summed E-state index contributed by atoms with van der Waals surface area (Å²) in [7, 11) is 3.04. The van der Waals surface area contributed by atoms with Crippen molar-refractivity contribution in [2.75, 3.05) is 46.9 Å². The Morgan fingerprint density at radius 2 is 1.58 bits per heavy atom. The first-order chi connectivity index (χ1) is 18.0. The van der Waals surface area contributed by atoms with Crippen LogP contribution in [0.4, 0.5) is 17.6 Å². The molecule has 2 aromatic carbocycles. The van der Waals surface area contributed by atoms with Gasteiger partial charge in [0, 0.05) is 51.3 Å². The minimum Gasteiger partial charge on any atom is -0.493 e. The lowest BCUT2D eigenvalue weighted by Crippen LogP contribution is -2.47. The van der Waals surface area contributed by atoms with Crippen LogP contribution in [0, 0.1) is 5.82 Å². The van der Waals surface area contributed by atoms with Gasteiger partial charge in [0.15, 0.2) is 11.5 Å². The number of nitrogens with one attached hydrogen (secondary N) is 1. The summed E-state index contributed by atoms with van der Waals surface area (Å²) >= 11 is 0. The van der Waals surface area contributed by atoms with Crippen molar-refractivity contribution in [3.05, 3.63) is 59.4 Å². The van der Waals surface area contributed by atoms with Gasteiger partial charge in [0.05, 0.1) is 14.2 Å². The van der Waals surface area contributed by atoms with Crippen LogP contribution in [0.5, 0.6) is 11.5 Å². The summed E-state index contributed by atoms with van der Waals surface area (Å²) in [4.78, 5) is 38.2. The number of piperazine rings is 1. The Morgan fingerprint density at radius 1 is 1.00 bits per heavy atom. The number of hydrogen-bond acceptors (Lipinski definition) is 6. The first-order valence-corrected chi connectivity index (χ1v) is 11.5. The molecule has 2 amide bonds. The van der Waals surface area contributed by atoms with Crippen LogP contribution in [-0.4, -0.2) is 85.8 Å². The third-order valence-corrected chi connectivity index (χ3v) is 5.51. The molecular formula is C25H29F4N3O6. The van der Waals surface area contributed by atoms with Gasteiger partial charge in [-0.05, 0) is 35.9 Å². The van der Waals surface area contributed by atoms with Crippen molar-refractivity contribution in [1.82, 2.24) is 15.1 Å². The molecule has 208 valence electrons. The molecular weight excluding hydrogens is 514 g/mol. The van der Waals surface area contributed by atoms with E-state index in [1.807, 2.05) is 4.90 Å². The first-order valence-electron chi connectivity index (χ1n) is 11.5. The number of carboxylic acid groups (broad SMARTS) is 1. The minimum absolute atomic E-state index is 0.0192. The summed E-state index contributed by atoms with van der Waals surface area (Å²) in [5.74, 6) is -2.34. The van der Waals surface area contributed by atoms with E-state index in [2.05, 4.69) is 5.32 Å². The van der Waals surface area contributed by atoms with Gasteiger partial charge in [-0.15, -0.1) is 0 Å². The summed E-state index contributed by atoms with van der Waals surface area (Å²) in [6.45, 7) is 3.40. The van der Waals surface area contributed by atoms with Crippen LogP contribution in [0.2, 0.25) is 0 Å². The van der Waals surface area contributed by atoms with Crippen LogP contribution in [0.3, 0.4) is 0 Å². The van der Waals surface area contributed by atoms with Crippen LogP contribution < -0.4 is 14.8 Å². The molecule has 1 saturated heterocycles. The topological polar surface area (TPSA) is 108 Å². The zero-order valence-electron chi connectivity index (χ0n) is 20.9. The number of rotatable bonds is 8. The molecule has 13 heteroatoms. The third kappa shape index (κ3) is 9.21. The number of nitrogens with zero attached hydrogens (tertiary/aromatic N) is 2. The number of ether oxygens (including phenoxy) is 2. The highest BCUT2D eigenvalue weighted by atomic mass is 19.4. The van der Waals surface area contributed by atoms with E-state index in [1.54, 1.807) is 35.2 Å². The molecule has 1 fully saturated rings. The summed E-state index contributed by atoms with van der Waals surface area (Å²) in [6, 6.07) is 11.0. The van der Waals surface area contributed by atoms with E-state index in [4.69, 9.17) is 19.4 Å². The standard InChI is InChI=1S/C23H28FN3O4.C2HF3O2/c1-30-20-8-5-18(15-21(20)31-2)23(29)27(16-17-3-6-19(24)7-4-17)12-9-22(28)26-13-10-25-11-14-26;3-2(4,5)1(6)7/h3-8,15,25H,9-14,16H2,1-2H3;(H,6,7). The van der Waals surface area contributed by atoms with E-state index >= 15 is 0 Å². The molecule has 0 radical (unpaired) electrons. The number of alkyl halides is 3. The Labute approximate surface area is 216 Å². The molecule has 1 aliphatic heterocycles. The van der Waals surface area contributed by atoms with Gasteiger partial charge >= 0.3 is 12.1 Å². The predicted octanol–water partition coefficient (Wildman–Crippen LogP) is 2.94. The fourth-order valence-corrected chi connectivity index (χ4v) is 3.52. The van der Waals surface area contributed by atoms with Crippen LogP contribution in [0.15, 0.2) is 42.5 Å². The number of benzene rings is 2. The second-order valence-electron chi connectivity index (χ2n) is 8.11. The van der Waals surface area contributed by atoms with Crippen LogP contribution in [0.1, 0.15) is 22.3 Å². The SMILES string of the molecule is COc1ccc(C(=O)N(CCC(=O)N2CCNCC2)Cc2ccc(F)cc2)cc1OC.O=C(O)C(F)(F)F. The zero-order valence-corrected chi connectivity index (χ0v) is 20.9. The van der Waals surface area contributed by atoms with E-state index in [-0.39, 0.29) is 37.1 Å². The van der Waals surface area contributed by atoms with Crippen LogP contribution >= 0.6 is 0 Å². The molecule has 0 atom stereocenters. The van der Waals surface area contributed by atoms with Gasteiger partial charge in [-0.1, -0.05) is 12.1 Å². The van der Waals surface area contributed by atoms with Crippen molar-refractivity contribution >= 4 is 17.8 Å². The van der Waals surface area contributed by atoms with Crippen molar-refractivity contribution < 1.29 is 46.5 Å². The molecule has 0 aromatic heterocycles. The number of carbonyl (C=O) groups is 3. The van der Waals surface area contributed by atoms with Crippen molar-refractivity contribution in [2.24, 2.45) is 0 Å². The van der Waals surface area contributed by atoms with Gasteiger partial charge in [0.2, 0.25) is 5.91 Å². The first kappa shape index (κ1) is 30.4. The van der Waals surface area contributed by atoms with Crippen LogP contribution in [-0.2, 0) is 16.1 Å². The van der Waals surface area contributed by atoms with Gasteiger partial charge in [-0.2, -0.15) is 13.2 Å². The normalized spacial score (nSPS) is 13.2. The van der Waals surface area contributed by atoms with Gasteiger partial charge in [-0.3, -0.25) is 9.59 Å². The smallest absolute Gasteiger partial charge is 0.490 e. The van der Waals surface area contributed by atoms with Gasteiger partial charge in [0.1, 0.15) is 5.82 Å². The highest BCUT2D eigenvalue weighted by Crippen LogP contribution is 2.28. The molecule has 38 heavy (non-hydrogen) atoms. The average molecular weight is 544 g/mol. The lowest BCUT2D eigenvalue weighted by atomic mass is 10.1. The van der Waals surface area contributed by atoms with E-state index in [0.717, 1.165) is 18.7 Å². The number of halogens is 4. The molecule has 0 spiro atoms. The van der Waals surface area contributed by atoms with E-state index in [1.165, 1.54) is 26.4 Å². The fourth-order valence-electron chi connectivity index (χ4n) is 3.52. The van der Waals surface area contributed by atoms with E-state index in [9.17, 15) is 27.2 Å². The monoisotopic (exact) mass is 543 g/mol. The zero-order chi connectivity index (χ0) is 28.3. The largest absolute Gasteiger partial charge is 0.493 e. The summed E-state index contributed by atoms with van der Waals surface area (Å²) in [5.41, 5.74) is 1.21. The molecule has 1 aliphatic rings. The number of methoxy groups -OCH3 is 2. The van der Waals surface area contributed by atoms with Crippen molar-refractivity contribution in [3.63, 3.8) is 0 Å². The number of hydrogen-bond donors (Lipinski definition) is 2. The quantitative estimate of drug-likeness (QED) is 0.493. The molecule has 0 unspecified atom stereocenters. The second-order valence-corrected chi connectivity index (χ2v) is 8.11. The number of aliphatic carboxylic acids is 1. The molecule has 0 saturated carbocycles. The van der Waals surface area contributed by atoms with E-state index in [0.29, 0.717) is 30.2 Å². The highest BCUT2D eigenvalue weighted by Gasteiger charge is 2.38. The predicted molar refractivity (Wildman–Crippen MR) is 128 cm³/mol.